The average molecular weight is 995 g/mol. The number of benzene rings is 3. The number of ether oxygens (including phenoxy) is 8. The van der Waals surface area contributed by atoms with Gasteiger partial charge < -0.3 is 48.5 Å². The second-order valence-corrected chi connectivity index (χ2v) is 16.8. The normalized spacial score (nSPS) is 11.5. The third-order valence-corrected chi connectivity index (χ3v) is 11.4. The molecule has 1 aromatic heterocycles. The fraction of sp³-hybridized carbons (Fsp3) is 0.566. The summed E-state index contributed by atoms with van der Waals surface area (Å²) in [4.78, 5) is 37.8. The van der Waals surface area contributed by atoms with E-state index in [1.54, 1.807) is 4.68 Å². The monoisotopic (exact) mass is 994 g/mol. The van der Waals surface area contributed by atoms with Gasteiger partial charge in [-0.15, -0.1) is 16.7 Å². The van der Waals surface area contributed by atoms with Crippen LogP contribution in [0.4, 0.5) is 0 Å². The zero-order chi connectivity index (χ0) is 49.4. The van der Waals surface area contributed by atoms with E-state index >= 15 is 0 Å². The van der Waals surface area contributed by atoms with Gasteiger partial charge in [-0.2, -0.15) is 0 Å². The summed E-state index contributed by atoms with van der Waals surface area (Å²) in [5.74, 6) is 0.602. The molecule has 1 heterocycles. The summed E-state index contributed by atoms with van der Waals surface area (Å²) in [5.41, 5.74) is 3.28. The first-order valence-corrected chi connectivity index (χ1v) is 25.3. The number of alkyl halides is 1. The number of nitrogens with one attached hydrogen (secondary N) is 2. The second kappa shape index (κ2) is 38.1. The largest absolute Gasteiger partial charge is 0.379 e. The van der Waals surface area contributed by atoms with E-state index in [1.165, 1.54) is 0 Å². The van der Waals surface area contributed by atoms with Crippen LogP contribution in [-0.2, 0) is 70.7 Å². The number of Topliss-reactive ketones (excluding diaryl/α,β-unsaturated/α-hetero) is 1. The van der Waals surface area contributed by atoms with E-state index in [0.29, 0.717) is 144 Å². The van der Waals surface area contributed by atoms with Gasteiger partial charge in [0.15, 0.2) is 0 Å². The van der Waals surface area contributed by atoms with E-state index in [2.05, 4.69) is 57.3 Å². The maximum Gasteiger partial charge on any atom is 0.246 e. The number of hydrogen-bond acceptors (Lipinski definition) is 13. The SMILES string of the molecule is O=C(CCCOCCOCCOCC(=O)NCCOCCOCCCCCCCl)CCc1cn(CCOCCOCCOCCNC(=O)CC(c2ccccc2)(c2ccccc2)c2ccccc2)nn1. The maximum absolute atomic E-state index is 13.5. The highest BCUT2D eigenvalue weighted by Crippen LogP contribution is 2.42. The molecule has 0 saturated carbocycles. The minimum absolute atomic E-state index is 0.0400. The molecule has 16 nitrogen and oxygen atoms in total. The predicted octanol–water partition coefficient (Wildman–Crippen LogP) is 6.15. The van der Waals surface area contributed by atoms with Crippen LogP contribution in [-0.4, -0.2) is 157 Å². The van der Waals surface area contributed by atoms with Crippen molar-refractivity contribution in [3.05, 3.63) is 120 Å². The van der Waals surface area contributed by atoms with Gasteiger partial charge in [-0.3, -0.25) is 14.4 Å². The Bertz CT molecular complexity index is 1830. The topological polar surface area (TPSA) is 180 Å². The molecule has 17 heteroatoms. The smallest absolute Gasteiger partial charge is 0.246 e. The minimum Gasteiger partial charge on any atom is -0.379 e. The zero-order valence-corrected chi connectivity index (χ0v) is 41.7. The third-order valence-electron chi connectivity index (χ3n) is 11.1. The van der Waals surface area contributed by atoms with Crippen molar-refractivity contribution in [1.82, 2.24) is 25.6 Å². The first kappa shape index (κ1) is 58.0. The van der Waals surface area contributed by atoms with Crippen LogP contribution in [0, 0.1) is 0 Å². The van der Waals surface area contributed by atoms with Gasteiger partial charge >= 0.3 is 0 Å². The van der Waals surface area contributed by atoms with E-state index in [1.807, 2.05) is 60.8 Å². The van der Waals surface area contributed by atoms with E-state index in [0.717, 1.165) is 54.7 Å². The number of aromatic nitrogens is 3. The van der Waals surface area contributed by atoms with Crippen LogP contribution < -0.4 is 10.6 Å². The van der Waals surface area contributed by atoms with Gasteiger partial charge in [-0.1, -0.05) is 109 Å². The Morgan fingerprint density at radius 3 is 1.50 bits per heavy atom. The summed E-state index contributed by atoms with van der Waals surface area (Å²) >= 11 is 5.67. The van der Waals surface area contributed by atoms with Crippen molar-refractivity contribution in [2.24, 2.45) is 0 Å². The molecule has 4 rings (SSSR count). The number of halogens is 1. The molecule has 0 saturated heterocycles. The molecule has 0 spiro atoms. The molecule has 3 aromatic carbocycles. The van der Waals surface area contributed by atoms with Crippen LogP contribution in [0.1, 0.15) is 73.8 Å². The number of aryl methyl sites for hydroxylation is 1. The summed E-state index contributed by atoms with van der Waals surface area (Å²) in [5, 5.41) is 14.1. The summed E-state index contributed by atoms with van der Waals surface area (Å²) in [6, 6.07) is 30.6. The van der Waals surface area contributed by atoms with Crippen LogP contribution in [0.2, 0.25) is 0 Å². The Morgan fingerprint density at radius 2 is 0.957 bits per heavy atom. The van der Waals surface area contributed by atoms with Gasteiger partial charge in [0.05, 0.1) is 104 Å². The minimum atomic E-state index is -0.648. The van der Waals surface area contributed by atoms with E-state index in [4.69, 9.17) is 49.5 Å². The van der Waals surface area contributed by atoms with Crippen molar-refractivity contribution in [3.63, 3.8) is 0 Å². The van der Waals surface area contributed by atoms with Crippen molar-refractivity contribution < 1.29 is 52.3 Å². The molecule has 0 unspecified atom stereocenters. The summed E-state index contributed by atoms with van der Waals surface area (Å²) in [7, 11) is 0. The number of hydrogen-bond donors (Lipinski definition) is 2. The first-order chi connectivity index (χ1) is 34.5. The number of nitrogens with zero attached hydrogens (tertiary/aromatic N) is 3. The van der Waals surface area contributed by atoms with E-state index in [9.17, 15) is 14.4 Å². The molecule has 2 amide bonds. The molecular weight excluding hydrogens is 918 g/mol. The fourth-order valence-corrected chi connectivity index (χ4v) is 7.65. The Kier molecular flexibility index (Phi) is 31.6. The highest BCUT2D eigenvalue weighted by Gasteiger charge is 2.38. The lowest BCUT2D eigenvalue weighted by atomic mass is 9.67. The van der Waals surface area contributed by atoms with Gasteiger partial charge in [0, 0.05) is 57.6 Å². The maximum atomic E-state index is 13.5. The lowest BCUT2D eigenvalue weighted by molar-refractivity contribution is -0.126. The van der Waals surface area contributed by atoms with Gasteiger partial charge in [-0.05, 0) is 42.4 Å². The second-order valence-electron chi connectivity index (χ2n) is 16.4. The molecule has 0 aliphatic rings. The van der Waals surface area contributed by atoms with Crippen LogP contribution in [0.3, 0.4) is 0 Å². The molecule has 0 atom stereocenters. The molecular formula is C53H76ClN5O11. The standard InChI is InChI=1S/C53H76ClN5O11/c54-24-12-1-2-13-28-63-33-35-66-31-26-56-52(62)45-70-42-41-69-38-34-64-29-14-21-50(60)23-22-49-44-59(58-57-49)27-32-67-37-40-68-39-36-65-30-25-55-51(61)43-53(46-15-6-3-7-16-46,47-17-8-4-9-18-47)48-19-10-5-11-20-48/h3-11,15-20,44H,1-2,12-14,21-43,45H2,(H,55,61)(H,56,62). The van der Waals surface area contributed by atoms with Crippen molar-refractivity contribution in [2.45, 2.75) is 69.7 Å². The average Bonchev–Trinajstić information content (AvgIpc) is 3.85. The van der Waals surface area contributed by atoms with Crippen LogP contribution in [0.25, 0.3) is 0 Å². The molecule has 0 radical (unpaired) electrons. The van der Waals surface area contributed by atoms with Gasteiger partial charge in [0.25, 0.3) is 0 Å². The molecule has 0 aliphatic heterocycles. The number of amides is 2. The van der Waals surface area contributed by atoms with Gasteiger partial charge in [0.1, 0.15) is 12.4 Å². The van der Waals surface area contributed by atoms with Crippen molar-refractivity contribution in [3.8, 4) is 0 Å². The quantitative estimate of drug-likeness (QED) is 0.0293. The molecule has 70 heavy (non-hydrogen) atoms. The lowest BCUT2D eigenvalue weighted by Gasteiger charge is -2.35. The van der Waals surface area contributed by atoms with E-state index in [-0.39, 0.29) is 30.6 Å². The Morgan fingerprint density at radius 1 is 0.500 bits per heavy atom. The molecule has 2 N–H and O–H groups in total. The van der Waals surface area contributed by atoms with Crippen LogP contribution in [0.15, 0.2) is 97.2 Å². The number of rotatable bonds is 44. The Balaban J connectivity index is 0.900. The van der Waals surface area contributed by atoms with E-state index < -0.39 is 5.41 Å². The van der Waals surface area contributed by atoms with Gasteiger partial charge in [-0.25, -0.2) is 4.68 Å². The summed E-state index contributed by atoms with van der Waals surface area (Å²) in [6.45, 7) is 7.91. The number of ketones is 1. The molecule has 0 bridgehead atoms. The number of unbranched alkanes of at least 4 members (excludes halogenated alkanes) is 3. The summed E-state index contributed by atoms with van der Waals surface area (Å²) in [6.07, 6.45) is 8.42. The van der Waals surface area contributed by atoms with Crippen LogP contribution >= 0.6 is 11.6 Å². The Hall–Kier alpha value is -4.62. The third kappa shape index (κ3) is 25.0. The molecule has 386 valence electrons. The Labute approximate surface area is 419 Å². The van der Waals surface area contributed by atoms with Crippen LogP contribution in [0.5, 0.6) is 0 Å². The van der Waals surface area contributed by atoms with Crippen molar-refractivity contribution >= 4 is 29.2 Å². The lowest BCUT2D eigenvalue weighted by Crippen LogP contribution is -2.38. The zero-order valence-electron chi connectivity index (χ0n) is 41.0. The highest BCUT2D eigenvalue weighted by molar-refractivity contribution is 6.17. The summed E-state index contributed by atoms with van der Waals surface area (Å²) < 4.78 is 46.2. The van der Waals surface area contributed by atoms with Crippen molar-refractivity contribution in [2.75, 3.05) is 125 Å². The molecule has 4 aromatic rings. The fourth-order valence-electron chi connectivity index (χ4n) is 7.46. The van der Waals surface area contributed by atoms with Gasteiger partial charge in [0.2, 0.25) is 11.8 Å². The number of carbonyl (C=O) groups excluding carboxylic acids is 3. The highest BCUT2D eigenvalue weighted by atomic mass is 35.5. The predicted molar refractivity (Wildman–Crippen MR) is 268 cm³/mol. The van der Waals surface area contributed by atoms with Crippen molar-refractivity contribution in [1.29, 1.82) is 0 Å². The molecule has 0 fully saturated rings. The number of carbonyl (C=O) groups is 3. The first-order valence-electron chi connectivity index (χ1n) is 24.8. The molecule has 0 aliphatic carbocycles.